The molecule has 0 amide bonds. The van der Waals surface area contributed by atoms with Crippen molar-refractivity contribution in [3.8, 4) is 11.5 Å². The molecule has 1 atom stereocenters. The summed E-state index contributed by atoms with van der Waals surface area (Å²) in [5.74, 6) is 1.69. The molecule has 2 aromatic rings. The van der Waals surface area contributed by atoms with E-state index in [0.717, 1.165) is 43.1 Å². The van der Waals surface area contributed by atoms with Gasteiger partial charge in [0, 0.05) is 12.5 Å². The van der Waals surface area contributed by atoms with Crippen LogP contribution >= 0.6 is 0 Å². The zero-order chi connectivity index (χ0) is 16.8. The van der Waals surface area contributed by atoms with Crippen LogP contribution in [0.15, 0.2) is 42.5 Å². The van der Waals surface area contributed by atoms with Crippen LogP contribution in [0.2, 0.25) is 0 Å². The highest BCUT2D eigenvalue weighted by atomic mass is 16.5. The van der Waals surface area contributed by atoms with E-state index in [4.69, 9.17) is 14.6 Å². The lowest BCUT2D eigenvalue weighted by Gasteiger charge is -2.16. The second kappa shape index (κ2) is 8.18. The van der Waals surface area contributed by atoms with Crippen molar-refractivity contribution in [3.63, 3.8) is 0 Å². The van der Waals surface area contributed by atoms with Crippen LogP contribution in [-0.2, 0) is 13.0 Å². The van der Waals surface area contributed by atoms with Gasteiger partial charge in [0.15, 0.2) is 11.5 Å². The fourth-order valence-corrected chi connectivity index (χ4v) is 2.81. The Balaban J connectivity index is 1.54. The standard InChI is InChI=1S/C20H25NO3/c1-15(21-10-9-16-3-5-17(14-22)6-4-16)18-7-8-19-20(13-18)24-12-2-11-23-19/h3-8,13,15,21-22H,2,9-12,14H2,1H3. The summed E-state index contributed by atoms with van der Waals surface area (Å²) >= 11 is 0. The minimum Gasteiger partial charge on any atom is -0.490 e. The minimum atomic E-state index is 0.0969. The zero-order valence-electron chi connectivity index (χ0n) is 14.1. The van der Waals surface area contributed by atoms with E-state index in [1.54, 1.807) is 0 Å². The molecule has 0 radical (unpaired) electrons. The Bertz CT molecular complexity index is 654. The average molecular weight is 327 g/mol. The molecule has 0 bridgehead atoms. The molecule has 0 fully saturated rings. The summed E-state index contributed by atoms with van der Waals surface area (Å²) in [6.07, 6.45) is 1.88. The lowest BCUT2D eigenvalue weighted by atomic mass is 10.1. The van der Waals surface area contributed by atoms with Crippen LogP contribution in [-0.4, -0.2) is 24.9 Å². The van der Waals surface area contributed by atoms with Crippen LogP contribution in [0.4, 0.5) is 0 Å². The second-order valence-corrected chi connectivity index (χ2v) is 6.16. The van der Waals surface area contributed by atoms with Crippen molar-refractivity contribution in [3.05, 3.63) is 59.2 Å². The largest absolute Gasteiger partial charge is 0.490 e. The van der Waals surface area contributed by atoms with Crippen molar-refractivity contribution in [1.29, 1.82) is 0 Å². The molecule has 0 aromatic heterocycles. The van der Waals surface area contributed by atoms with Crippen molar-refractivity contribution < 1.29 is 14.6 Å². The van der Waals surface area contributed by atoms with Crippen LogP contribution in [0.1, 0.15) is 36.1 Å². The van der Waals surface area contributed by atoms with Crippen molar-refractivity contribution in [1.82, 2.24) is 5.32 Å². The Labute approximate surface area is 143 Å². The normalized spacial score (nSPS) is 14.9. The average Bonchev–Trinajstić information content (AvgIpc) is 2.87. The number of hydrogen-bond acceptors (Lipinski definition) is 4. The highest BCUT2D eigenvalue weighted by Crippen LogP contribution is 2.32. The van der Waals surface area contributed by atoms with Gasteiger partial charge in [0.2, 0.25) is 0 Å². The predicted molar refractivity (Wildman–Crippen MR) is 94.5 cm³/mol. The maximum Gasteiger partial charge on any atom is 0.161 e. The van der Waals surface area contributed by atoms with E-state index >= 15 is 0 Å². The van der Waals surface area contributed by atoms with Gasteiger partial charge in [-0.2, -0.15) is 0 Å². The van der Waals surface area contributed by atoms with Crippen LogP contribution in [0, 0.1) is 0 Å². The summed E-state index contributed by atoms with van der Waals surface area (Å²) in [4.78, 5) is 0. The first-order chi connectivity index (χ1) is 11.8. The van der Waals surface area contributed by atoms with Crippen molar-refractivity contribution >= 4 is 0 Å². The first kappa shape index (κ1) is 16.8. The third-order valence-corrected chi connectivity index (χ3v) is 4.34. The number of hydrogen-bond donors (Lipinski definition) is 2. The molecular weight excluding hydrogens is 302 g/mol. The van der Waals surface area contributed by atoms with E-state index in [1.165, 1.54) is 11.1 Å². The summed E-state index contributed by atoms with van der Waals surface area (Å²) in [5, 5.41) is 12.6. The Morgan fingerprint density at radius 3 is 2.46 bits per heavy atom. The Morgan fingerprint density at radius 1 is 1.00 bits per heavy atom. The SMILES string of the molecule is CC(NCCc1ccc(CO)cc1)c1ccc2c(c1)OCCCO2. The summed E-state index contributed by atoms with van der Waals surface area (Å²) in [6, 6.07) is 14.5. The third kappa shape index (κ3) is 4.28. The van der Waals surface area contributed by atoms with Gasteiger partial charge in [-0.25, -0.2) is 0 Å². The lowest BCUT2D eigenvalue weighted by Crippen LogP contribution is -2.21. The molecule has 24 heavy (non-hydrogen) atoms. The molecule has 4 nitrogen and oxygen atoms in total. The smallest absolute Gasteiger partial charge is 0.161 e. The summed E-state index contributed by atoms with van der Waals surface area (Å²) < 4.78 is 11.4. The van der Waals surface area contributed by atoms with Gasteiger partial charge in [0.25, 0.3) is 0 Å². The number of fused-ring (bicyclic) bond motifs is 1. The van der Waals surface area contributed by atoms with E-state index < -0.39 is 0 Å². The minimum absolute atomic E-state index is 0.0969. The summed E-state index contributed by atoms with van der Waals surface area (Å²) in [7, 11) is 0. The fraction of sp³-hybridized carbons (Fsp3) is 0.400. The predicted octanol–water partition coefficient (Wildman–Crippen LogP) is 3.23. The van der Waals surface area contributed by atoms with Crippen LogP contribution < -0.4 is 14.8 Å². The first-order valence-electron chi connectivity index (χ1n) is 8.58. The molecule has 2 aromatic carbocycles. The van der Waals surface area contributed by atoms with Gasteiger partial charge in [-0.3, -0.25) is 0 Å². The van der Waals surface area contributed by atoms with Gasteiger partial charge in [-0.1, -0.05) is 30.3 Å². The summed E-state index contributed by atoms with van der Waals surface area (Å²) in [6.45, 7) is 4.58. The molecule has 2 N–H and O–H groups in total. The van der Waals surface area contributed by atoms with E-state index in [9.17, 15) is 0 Å². The number of nitrogens with one attached hydrogen (secondary N) is 1. The van der Waals surface area contributed by atoms with Crippen molar-refractivity contribution in [2.75, 3.05) is 19.8 Å². The van der Waals surface area contributed by atoms with Gasteiger partial charge in [0.1, 0.15) is 0 Å². The number of rotatable bonds is 6. The molecule has 1 aliphatic heterocycles. The van der Waals surface area contributed by atoms with Crippen LogP contribution in [0.3, 0.4) is 0 Å². The molecule has 1 unspecified atom stereocenters. The maximum atomic E-state index is 9.07. The van der Waals surface area contributed by atoms with Gasteiger partial charge < -0.3 is 19.9 Å². The number of aliphatic hydroxyl groups excluding tert-OH is 1. The molecule has 0 aliphatic carbocycles. The maximum absolute atomic E-state index is 9.07. The first-order valence-corrected chi connectivity index (χ1v) is 8.58. The molecule has 0 saturated heterocycles. The van der Waals surface area contributed by atoms with E-state index in [0.29, 0.717) is 6.61 Å². The Hall–Kier alpha value is -2.04. The lowest BCUT2D eigenvalue weighted by molar-refractivity contribution is 0.282. The zero-order valence-corrected chi connectivity index (χ0v) is 14.1. The molecule has 1 aliphatic rings. The molecule has 1 heterocycles. The number of ether oxygens (including phenoxy) is 2. The number of benzene rings is 2. The second-order valence-electron chi connectivity index (χ2n) is 6.16. The van der Waals surface area contributed by atoms with E-state index in [-0.39, 0.29) is 12.6 Å². The highest BCUT2D eigenvalue weighted by molar-refractivity contribution is 5.44. The molecule has 0 saturated carbocycles. The van der Waals surface area contributed by atoms with Crippen molar-refractivity contribution in [2.45, 2.75) is 32.4 Å². The monoisotopic (exact) mass is 327 g/mol. The molecule has 3 rings (SSSR count). The van der Waals surface area contributed by atoms with Crippen molar-refractivity contribution in [2.24, 2.45) is 0 Å². The summed E-state index contributed by atoms with van der Waals surface area (Å²) in [5.41, 5.74) is 3.42. The molecule has 128 valence electrons. The highest BCUT2D eigenvalue weighted by Gasteiger charge is 2.13. The topological polar surface area (TPSA) is 50.7 Å². The fourth-order valence-electron chi connectivity index (χ4n) is 2.81. The molecular formula is C20H25NO3. The van der Waals surface area contributed by atoms with Gasteiger partial charge >= 0.3 is 0 Å². The molecule has 4 heteroatoms. The van der Waals surface area contributed by atoms with Gasteiger partial charge in [-0.05, 0) is 48.7 Å². The third-order valence-electron chi connectivity index (χ3n) is 4.34. The van der Waals surface area contributed by atoms with Crippen LogP contribution in [0.5, 0.6) is 11.5 Å². The van der Waals surface area contributed by atoms with E-state index in [1.807, 2.05) is 18.2 Å². The van der Waals surface area contributed by atoms with Crippen LogP contribution in [0.25, 0.3) is 0 Å². The van der Waals surface area contributed by atoms with Gasteiger partial charge in [0.05, 0.1) is 19.8 Å². The number of aliphatic hydroxyl groups is 1. The molecule has 0 spiro atoms. The Kier molecular flexibility index (Phi) is 5.72. The quantitative estimate of drug-likeness (QED) is 0.855. The Morgan fingerprint density at radius 2 is 1.71 bits per heavy atom. The van der Waals surface area contributed by atoms with E-state index in [2.05, 4.69) is 36.5 Å². The van der Waals surface area contributed by atoms with Gasteiger partial charge in [-0.15, -0.1) is 0 Å².